The number of amides is 1. The van der Waals surface area contributed by atoms with E-state index in [0.717, 1.165) is 11.1 Å². The number of carbonyl (C=O) groups is 2. The van der Waals surface area contributed by atoms with E-state index in [2.05, 4.69) is 5.32 Å². The summed E-state index contributed by atoms with van der Waals surface area (Å²) in [5, 5.41) is 2.88. The molecule has 1 amide bonds. The summed E-state index contributed by atoms with van der Waals surface area (Å²) in [6.45, 7) is 4.72. The van der Waals surface area contributed by atoms with E-state index in [1.54, 1.807) is 12.1 Å². The van der Waals surface area contributed by atoms with Crippen LogP contribution in [0.2, 0.25) is 0 Å². The molecule has 3 nitrogen and oxygen atoms in total. The maximum absolute atomic E-state index is 12.4. The molecule has 21 heavy (non-hydrogen) atoms. The van der Waals surface area contributed by atoms with E-state index < -0.39 is 0 Å². The molecule has 0 radical (unpaired) electrons. The van der Waals surface area contributed by atoms with Crippen LogP contribution in [0, 0.1) is 5.92 Å². The van der Waals surface area contributed by atoms with E-state index >= 15 is 0 Å². The Morgan fingerprint density at radius 3 is 2.38 bits per heavy atom. The summed E-state index contributed by atoms with van der Waals surface area (Å²) >= 11 is 0. The summed E-state index contributed by atoms with van der Waals surface area (Å²) in [6.07, 6.45) is 0. The summed E-state index contributed by atoms with van der Waals surface area (Å²) < 4.78 is 0. The number of fused-ring (bicyclic) bond motifs is 3. The van der Waals surface area contributed by atoms with E-state index in [-0.39, 0.29) is 11.7 Å². The third-order valence-corrected chi connectivity index (χ3v) is 3.66. The Kier molecular flexibility index (Phi) is 3.34. The number of hydrogen-bond donors (Lipinski definition) is 1. The highest BCUT2D eigenvalue weighted by atomic mass is 16.1. The van der Waals surface area contributed by atoms with Gasteiger partial charge in [-0.25, -0.2) is 0 Å². The molecule has 0 saturated heterocycles. The van der Waals surface area contributed by atoms with Crippen molar-refractivity contribution in [2.45, 2.75) is 13.8 Å². The van der Waals surface area contributed by atoms with Gasteiger partial charge in [-0.3, -0.25) is 9.59 Å². The Morgan fingerprint density at radius 1 is 1.00 bits per heavy atom. The first-order valence-corrected chi connectivity index (χ1v) is 7.14. The van der Waals surface area contributed by atoms with Crippen molar-refractivity contribution >= 4 is 11.7 Å². The Hall–Kier alpha value is -2.42. The highest BCUT2D eigenvalue weighted by Gasteiger charge is 2.26. The second-order valence-corrected chi connectivity index (χ2v) is 5.74. The topological polar surface area (TPSA) is 46.2 Å². The average molecular weight is 279 g/mol. The molecule has 0 aromatic heterocycles. The van der Waals surface area contributed by atoms with Gasteiger partial charge in [-0.15, -0.1) is 0 Å². The van der Waals surface area contributed by atoms with Crippen LogP contribution in [0.4, 0.5) is 0 Å². The molecule has 3 rings (SSSR count). The summed E-state index contributed by atoms with van der Waals surface area (Å²) in [5.41, 5.74) is 3.74. The maximum Gasteiger partial charge on any atom is 0.251 e. The van der Waals surface area contributed by atoms with Crippen molar-refractivity contribution in [1.82, 2.24) is 5.32 Å². The second-order valence-electron chi connectivity index (χ2n) is 5.74. The van der Waals surface area contributed by atoms with Gasteiger partial charge in [-0.2, -0.15) is 0 Å². The van der Waals surface area contributed by atoms with Crippen LogP contribution in [0.25, 0.3) is 11.1 Å². The van der Waals surface area contributed by atoms with Gasteiger partial charge in [-0.1, -0.05) is 44.2 Å². The number of nitrogens with one attached hydrogen (secondary N) is 1. The summed E-state index contributed by atoms with van der Waals surface area (Å²) in [4.78, 5) is 24.5. The highest BCUT2D eigenvalue weighted by molar-refractivity contribution is 6.22. The minimum atomic E-state index is -0.129. The van der Waals surface area contributed by atoms with Crippen molar-refractivity contribution in [2.75, 3.05) is 6.54 Å². The van der Waals surface area contributed by atoms with Crippen molar-refractivity contribution in [3.05, 3.63) is 59.2 Å². The van der Waals surface area contributed by atoms with Gasteiger partial charge in [0.25, 0.3) is 5.91 Å². The smallest absolute Gasteiger partial charge is 0.251 e. The van der Waals surface area contributed by atoms with Crippen LogP contribution < -0.4 is 5.32 Å². The fourth-order valence-corrected chi connectivity index (χ4v) is 2.57. The SMILES string of the molecule is CC(C)CNC(=O)c1ccc2c(c1)C(=O)c1ccccc1-2. The lowest BCUT2D eigenvalue weighted by Gasteiger charge is -2.08. The molecule has 2 aromatic carbocycles. The Balaban J connectivity index is 1.94. The lowest BCUT2D eigenvalue weighted by atomic mass is 10.0. The molecule has 0 saturated carbocycles. The fraction of sp³-hybridized carbons (Fsp3) is 0.222. The van der Waals surface area contributed by atoms with Crippen molar-refractivity contribution in [3.8, 4) is 11.1 Å². The first-order valence-electron chi connectivity index (χ1n) is 7.14. The van der Waals surface area contributed by atoms with E-state index in [1.807, 2.05) is 44.2 Å². The molecule has 0 aliphatic heterocycles. The van der Waals surface area contributed by atoms with E-state index in [4.69, 9.17) is 0 Å². The first-order chi connectivity index (χ1) is 10.1. The lowest BCUT2D eigenvalue weighted by Crippen LogP contribution is -2.27. The zero-order valence-corrected chi connectivity index (χ0v) is 12.1. The molecule has 1 N–H and O–H groups in total. The van der Waals surface area contributed by atoms with Crippen LogP contribution in [-0.2, 0) is 0 Å². The van der Waals surface area contributed by atoms with Gasteiger partial charge in [0.2, 0.25) is 0 Å². The van der Waals surface area contributed by atoms with Crippen molar-refractivity contribution in [3.63, 3.8) is 0 Å². The van der Waals surface area contributed by atoms with Gasteiger partial charge in [0.05, 0.1) is 0 Å². The van der Waals surface area contributed by atoms with Crippen LogP contribution in [0.15, 0.2) is 42.5 Å². The Labute approximate surface area is 124 Å². The molecule has 3 heteroatoms. The minimum absolute atomic E-state index is 0.000824. The van der Waals surface area contributed by atoms with Gasteiger partial charge < -0.3 is 5.32 Å². The first kappa shape index (κ1) is 13.6. The molecule has 1 aliphatic rings. The number of hydrogen-bond acceptors (Lipinski definition) is 2. The minimum Gasteiger partial charge on any atom is -0.352 e. The molecular weight excluding hydrogens is 262 g/mol. The van der Waals surface area contributed by atoms with Crippen LogP contribution in [0.1, 0.15) is 40.1 Å². The van der Waals surface area contributed by atoms with E-state index in [0.29, 0.717) is 29.2 Å². The van der Waals surface area contributed by atoms with Gasteiger partial charge in [0.1, 0.15) is 0 Å². The summed E-state index contributed by atoms with van der Waals surface area (Å²) in [7, 11) is 0. The number of benzene rings is 2. The van der Waals surface area contributed by atoms with E-state index in [9.17, 15) is 9.59 Å². The molecule has 0 bridgehead atoms. The number of ketones is 1. The predicted octanol–water partition coefficient (Wildman–Crippen LogP) is 3.28. The molecule has 1 aliphatic carbocycles. The number of carbonyl (C=O) groups excluding carboxylic acids is 2. The van der Waals surface area contributed by atoms with Crippen LogP contribution >= 0.6 is 0 Å². The normalized spacial score (nSPS) is 12.2. The molecule has 2 aromatic rings. The summed E-state index contributed by atoms with van der Waals surface area (Å²) in [5.74, 6) is 0.267. The zero-order chi connectivity index (χ0) is 15.0. The van der Waals surface area contributed by atoms with Gasteiger partial charge in [-0.05, 0) is 29.2 Å². The zero-order valence-electron chi connectivity index (χ0n) is 12.1. The highest BCUT2D eigenvalue weighted by Crippen LogP contribution is 2.36. The molecule has 0 heterocycles. The van der Waals surface area contributed by atoms with Crippen molar-refractivity contribution < 1.29 is 9.59 Å². The second kappa shape index (κ2) is 5.17. The molecule has 0 unspecified atom stereocenters. The maximum atomic E-state index is 12.4. The molecule has 0 atom stereocenters. The molecule has 0 spiro atoms. The average Bonchev–Trinajstić information content (AvgIpc) is 2.78. The fourth-order valence-electron chi connectivity index (χ4n) is 2.57. The standard InChI is InChI=1S/C18H17NO2/c1-11(2)10-19-18(21)12-7-8-14-13-5-3-4-6-15(13)17(20)16(14)9-12/h3-9,11H,10H2,1-2H3,(H,19,21). The summed E-state index contributed by atoms with van der Waals surface area (Å²) in [6, 6.07) is 12.9. The molecular formula is C18H17NO2. The third kappa shape index (κ3) is 2.35. The van der Waals surface area contributed by atoms with Crippen LogP contribution in [0.3, 0.4) is 0 Å². The largest absolute Gasteiger partial charge is 0.352 e. The lowest BCUT2D eigenvalue weighted by molar-refractivity contribution is 0.0949. The van der Waals surface area contributed by atoms with Crippen LogP contribution in [0.5, 0.6) is 0 Å². The van der Waals surface area contributed by atoms with Crippen molar-refractivity contribution in [2.24, 2.45) is 5.92 Å². The molecule has 106 valence electrons. The predicted molar refractivity (Wildman–Crippen MR) is 82.5 cm³/mol. The van der Waals surface area contributed by atoms with Crippen LogP contribution in [-0.4, -0.2) is 18.2 Å². The third-order valence-electron chi connectivity index (χ3n) is 3.66. The number of rotatable bonds is 3. The van der Waals surface area contributed by atoms with Crippen molar-refractivity contribution in [1.29, 1.82) is 0 Å². The van der Waals surface area contributed by atoms with E-state index in [1.165, 1.54) is 0 Å². The van der Waals surface area contributed by atoms with Gasteiger partial charge >= 0.3 is 0 Å². The Bertz CT molecular complexity index is 732. The molecule has 0 fully saturated rings. The quantitative estimate of drug-likeness (QED) is 0.799. The monoisotopic (exact) mass is 279 g/mol. The van der Waals surface area contributed by atoms with Gasteiger partial charge in [0, 0.05) is 23.2 Å². The Morgan fingerprint density at radius 2 is 1.67 bits per heavy atom. The van der Waals surface area contributed by atoms with Gasteiger partial charge in [0.15, 0.2) is 5.78 Å².